The summed E-state index contributed by atoms with van der Waals surface area (Å²) in [4.78, 5) is 4.75. The fourth-order valence-electron chi connectivity index (χ4n) is 4.90. The van der Waals surface area contributed by atoms with Crippen molar-refractivity contribution in [2.75, 3.05) is 14.1 Å². The first-order valence-electron chi connectivity index (χ1n) is 9.90. The van der Waals surface area contributed by atoms with E-state index in [-0.39, 0.29) is 5.82 Å². The first kappa shape index (κ1) is 18.6. The van der Waals surface area contributed by atoms with Crippen LogP contribution in [0, 0.1) is 5.82 Å². The highest BCUT2D eigenvalue weighted by Gasteiger charge is 2.48. The molecule has 0 radical (unpaired) electrons. The van der Waals surface area contributed by atoms with Crippen molar-refractivity contribution in [1.82, 2.24) is 9.80 Å². The molecule has 4 rings (SSSR count). The fraction of sp³-hybridized carbons (Fsp3) is 0.478. The highest BCUT2D eigenvalue weighted by atomic mass is 19.1. The summed E-state index contributed by atoms with van der Waals surface area (Å²) < 4.78 is 13.3. The first-order valence-corrected chi connectivity index (χ1v) is 9.90. The van der Waals surface area contributed by atoms with Gasteiger partial charge in [-0.05, 0) is 68.6 Å². The van der Waals surface area contributed by atoms with E-state index < -0.39 is 5.60 Å². The fourth-order valence-corrected chi connectivity index (χ4v) is 4.90. The molecule has 2 fully saturated rings. The van der Waals surface area contributed by atoms with Gasteiger partial charge in [-0.2, -0.15) is 0 Å². The Morgan fingerprint density at radius 3 is 2.07 bits per heavy atom. The van der Waals surface area contributed by atoms with Gasteiger partial charge in [-0.1, -0.05) is 36.4 Å². The minimum atomic E-state index is -0.828. The van der Waals surface area contributed by atoms with Crippen molar-refractivity contribution >= 4 is 0 Å². The molecule has 0 amide bonds. The topological polar surface area (TPSA) is 26.7 Å². The van der Waals surface area contributed by atoms with Crippen LogP contribution in [0.25, 0.3) is 0 Å². The van der Waals surface area contributed by atoms with Crippen molar-refractivity contribution in [1.29, 1.82) is 0 Å². The van der Waals surface area contributed by atoms with Gasteiger partial charge >= 0.3 is 0 Å². The van der Waals surface area contributed by atoms with Crippen LogP contribution in [-0.4, -0.2) is 41.1 Å². The van der Waals surface area contributed by atoms with Crippen molar-refractivity contribution < 1.29 is 9.50 Å². The zero-order valence-corrected chi connectivity index (χ0v) is 16.2. The molecule has 144 valence electrons. The van der Waals surface area contributed by atoms with Gasteiger partial charge in [0.1, 0.15) is 5.82 Å². The molecule has 3 nitrogen and oxygen atoms in total. The van der Waals surface area contributed by atoms with E-state index in [1.165, 1.54) is 23.3 Å². The van der Waals surface area contributed by atoms with Gasteiger partial charge in [-0.15, -0.1) is 0 Å². The lowest BCUT2D eigenvalue weighted by Gasteiger charge is -2.44. The third-order valence-electron chi connectivity index (χ3n) is 6.19. The Balaban J connectivity index is 1.45. The standard InChI is InChI=1S/C23H29FN2O/c1-25(2)15-17-3-5-18(6-4-17)16-26-21-11-12-22(26)14-23(27,13-21)19-7-9-20(24)10-8-19/h3-10,21-22,27H,11-16H2,1-2H3/t21-,22+,23?. The molecule has 1 N–H and O–H groups in total. The SMILES string of the molecule is CN(C)Cc1ccc(CN2[C@@H]3CC[C@H]2CC(O)(c2ccc(F)cc2)C3)cc1. The number of rotatable bonds is 5. The molecule has 2 aromatic carbocycles. The molecule has 2 heterocycles. The quantitative estimate of drug-likeness (QED) is 0.867. The Bertz CT molecular complexity index is 758. The van der Waals surface area contributed by atoms with Gasteiger partial charge in [0.2, 0.25) is 0 Å². The number of hydrogen-bond acceptors (Lipinski definition) is 3. The largest absolute Gasteiger partial charge is 0.385 e. The van der Waals surface area contributed by atoms with E-state index in [9.17, 15) is 9.50 Å². The lowest BCUT2D eigenvalue weighted by atomic mass is 9.80. The maximum absolute atomic E-state index is 13.3. The summed E-state index contributed by atoms with van der Waals surface area (Å²) in [6, 6.07) is 16.1. The summed E-state index contributed by atoms with van der Waals surface area (Å²) >= 11 is 0. The number of benzene rings is 2. The number of piperidine rings is 1. The molecule has 0 spiro atoms. The summed E-state index contributed by atoms with van der Waals surface area (Å²) in [6.45, 7) is 1.90. The maximum atomic E-state index is 13.3. The molecule has 1 unspecified atom stereocenters. The minimum absolute atomic E-state index is 0.250. The molecule has 4 heteroatoms. The highest BCUT2D eigenvalue weighted by Crippen LogP contribution is 2.46. The van der Waals surface area contributed by atoms with E-state index >= 15 is 0 Å². The summed E-state index contributed by atoms with van der Waals surface area (Å²) in [7, 11) is 4.17. The van der Waals surface area contributed by atoms with E-state index in [0.29, 0.717) is 12.1 Å². The van der Waals surface area contributed by atoms with Crippen LogP contribution in [0.3, 0.4) is 0 Å². The van der Waals surface area contributed by atoms with Crippen LogP contribution in [0.5, 0.6) is 0 Å². The highest BCUT2D eigenvalue weighted by molar-refractivity contribution is 5.27. The van der Waals surface area contributed by atoms with Gasteiger partial charge in [0, 0.05) is 25.2 Å². The Morgan fingerprint density at radius 2 is 1.52 bits per heavy atom. The van der Waals surface area contributed by atoms with Gasteiger partial charge in [0.15, 0.2) is 0 Å². The van der Waals surface area contributed by atoms with Gasteiger partial charge in [0.05, 0.1) is 5.60 Å². The monoisotopic (exact) mass is 368 g/mol. The number of nitrogens with zero attached hydrogens (tertiary/aromatic N) is 2. The third kappa shape index (κ3) is 3.93. The zero-order valence-electron chi connectivity index (χ0n) is 16.2. The molecule has 0 aliphatic carbocycles. The average molecular weight is 368 g/mol. The van der Waals surface area contributed by atoms with Crippen LogP contribution in [0.2, 0.25) is 0 Å². The number of fused-ring (bicyclic) bond motifs is 2. The van der Waals surface area contributed by atoms with Crippen molar-refractivity contribution in [3.63, 3.8) is 0 Å². The second-order valence-electron chi connectivity index (χ2n) is 8.56. The molecule has 2 aromatic rings. The van der Waals surface area contributed by atoms with Crippen molar-refractivity contribution in [3.8, 4) is 0 Å². The number of aliphatic hydroxyl groups is 1. The van der Waals surface area contributed by atoms with Gasteiger partial charge in [-0.25, -0.2) is 4.39 Å². The molecular formula is C23H29FN2O. The van der Waals surface area contributed by atoms with Crippen molar-refractivity contribution in [2.24, 2.45) is 0 Å². The molecular weight excluding hydrogens is 339 g/mol. The summed E-state index contributed by atoms with van der Waals surface area (Å²) in [5.74, 6) is -0.250. The Hall–Kier alpha value is -1.75. The molecule has 2 saturated heterocycles. The van der Waals surface area contributed by atoms with E-state index in [2.05, 4.69) is 48.2 Å². The van der Waals surface area contributed by atoms with Crippen LogP contribution in [-0.2, 0) is 18.7 Å². The Morgan fingerprint density at radius 1 is 0.963 bits per heavy atom. The third-order valence-corrected chi connectivity index (χ3v) is 6.19. The Kier molecular flexibility index (Phi) is 5.06. The predicted octanol–water partition coefficient (Wildman–Crippen LogP) is 3.90. The molecule has 27 heavy (non-hydrogen) atoms. The molecule has 2 aliphatic rings. The normalized spacial score (nSPS) is 28.0. The lowest BCUT2D eigenvalue weighted by Crippen LogP contribution is -2.49. The molecule has 0 aromatic heterocycles. The van der Waals surface area contributed by atoms with Gasteiger partial charge < -0.3 is 10.0 Å². The average Bonchev–Trinajstić information content (AvgIpc) is 2.87. The van der Waals surface area contributed by atoms with Crippen LogP contribution < -0.4 is 0 Å². The summed E-state index contributed by atoms with van der Waals surface area (Å²) in [5, 5.41) is 11.3. The molecule has 2 bridgehead atoms. The number of halogens is 1. The smallest absolute Gasteiger partial charge is 0.123 e. The first-order chi connectivity index (χ1) is 12.9. The summed E-state index contributed by atoms with van der Waals surface area (Å²) in [6.07, 6.45) is 3.72. The molecule has 0 saturated carbocycles. The van der Waals surface area contributed by atoms with Gasteiger partial charge in [0.25, 0.3) is 0 Å². The number of hydrogen-bond donors (Lipinski definition) is 1. The van der Waals surface area contributed by atoms with Crippen LogP contribution in [0.4, 0.5) is 4.39 Å². The van der Waals surface area contributed by atoms with E-state index in [1.807, 2.05) is 0 Å². The van der Waals surface area contributed by atoms with Crippen molar-refractivity contribution in [3.05, 3.63) is 71.0 Å². The van der Waals surface area contributed by atoms with E-state index in [4.69, 9.17) is 0 Å². The molecule has 2 aliphatic heterocycles. The van der Waals surface area contributed by atoms with Crippen molar-refractivity contribution in [2.45, 2.75) is 56.5 Å². The second-order valence-corrected chi connectivity index (χ2v) is 8.56. The molecule has 3 atom stereocenters. The van der Waals surface area contributed by atoms with Crippen LogP contribution in [0.1, 0.15) is 42.4 Å². The zero-order chi connectivity index (χ0) is 19.0. The maximum Gasteiger partial charge on any atom is 0.123 e. The van der Waals surface area contributed by atoms with Gasteiger partial charge in [-0.3, -0.25) is 4.90 Å². The minimum Gasteiger partial charge on any atom is -0.385 e. The Labute approximate surface area is 161 Å². The second kappa shape index (κ2) is 7.34. The predicted molar refractivity (Wildman–Crippen MR) is 106 cm³/mol. The van der Waals surface area contributed by atoms with E-state index in [1.54, 1.807) is 12.1 Å². The van der Waals surface area contributed by atoms with Crippen LogP contribution >= 0.6 is 0 Å². The van der Waals surface area contributed by atoms with E-state index in [0.717, 1.165) is 44.3 Å². The van der Waals surface area contributed by atoms with Crippen LogP contribution in [0.15, 0.2) is 48.5 Å². The summed E-state index contributed by atoms with van der Waals surface area (Å²) in [5.41, 5.74) is 2.69. The lowest BCUT2D eigenvalue weighted by molar-refractivity contribution is -0.0595.